The van der Waals surface area contributed by atoms with Gasteiger partial charge in [-0.15, -0.1) is 0 Å². The number of aryl methyl sites for hydroxylation is 1. The molecule has 0 aliphatic carbocycles. The number of sulfonamides is 1. The van der Waals surface area contributed by atoms with Crippen molar-refractivity contribution in [2.24, 2.45) is 7.05 Å². The Balaban J connectivity index is 1.70. The van der Waals surface area contributed by atoms with Crippen molar-refractivity contribution in [3.8, 4) is 5.82 Å². The van der Waals surface area contributed by atoms with Crippen molar-refractivity contribution >= 4 is 10.0 Å². The Morgan fingerprint density at radius 1 is 1.21 bits per heavy atom. The molecule has 1 atom stereocenters. The number of nitrogens with zero attached hydrogens (tertiary/aromatic N) is 6. The minimum absolute atomic E-state index is 0.0785. The summed E-state index contributed by atoms with van der Waals surface area (Å²) in [6, 6.07) is 5.44. The molecule has 0 bridgehead atoms. The quantitative estimate of drug-likeness (QED) is 0.657. The molecule has 0 unspecified atom stereocenters. The van der Waals surface area contributed by atoms with Crippen molar-refractivity contribution in [2.75, 3.05) is 6.54 Å². The van der Waals surface area contributed by atoms with Crippen LogP contribution in [0.15, 0.2) is 48.1 Å². The highest BCUT2D eigenvalue weighted by Gasteiger charge is 2.38. The lowest BCUT2D eigenvalue weighted by Crippen LogP contribution is -2.31. The Kier molecular flexibility index (Phi) is 4.80. The molecule has 0 amide bonds. The summed E-state index contributed by atoms with van der Waals surface area (Å²) in [6.07, 6.45) is 8.22. The summed E-state index contributed by atoms with van der Waals surface area (Å²) in [5.41, 5.74) is 0.748. The maximum Gasteiger partial charge on any atom is 0.262 e. The van der Waals surface area contributed by atoms with Crippen LogP contribution in [0.4, 0.5) is 0 Å². The zero-order chi connectivity index (χ0) is 19.9. The van der Waals surface area contributed by atoms with E-state index in [0.717, 1.165) is 30.2 Å². The molecule has 1 saturated heterocycles. The molecule has 8 nitrogen and oxygen atoms in total. The van der Waals surface area contributed by atoms with Crippen LogP contribution in [-0.4, -0.2) is 43.4 Å². The smallest absolute Gasteiger partial charge is 0.262 e. The molecule has 4 rings (SSSR count). The number of aromatic nitrogens is 5. The van der Waals surface area contributed by atoms with Gasteiger partial charge in [0, 0.05) is 38.1 Å². The second kappa shape index (κ2) is 7.14. The van der Waals surface area contributed by atoms with Gasteiger partial charge in [-0.25, -0.2) is 23.4 Å². The van der Waals surface area contributed by atoms with Crippen LogP contribution in [0.3, 0.4) is 0 Å². The third-order valence-corrected chi connectivity index (χ3v) is 6.78. The molecule has 9 heteroatoms. The Bertz CT molecular complexity index is 1090. The van der Waals surface area contributed by atoms with Crippen molar-refractivity contribution in [2.45, 2.75) is 43.7 Å². The lowest BCUT2D eigenvalue weighted by atomic mass is 10.1. The molecule has 1 fully saturated rings. The fraction of sp³-hybridized carbons (Fsp3) is 0.421. The van der Waals surface area contributed by atoms with Gasteiger partial charge in [0.1, 0.15) is 11.6 Å². The van der Waals surface area contributed by atoms with Gasteiger partial charge in [0.05, 0.1) is 18.1 Å². The highest BCUT2D eigenvalue weighted by molar-refractivity contribution is 7.89. The minimum Gasteiger partial charge on any atom is -0.339 e. The monoisotopic (exact) mass is 400 g/mol. The van der Waals surface area contributed by atoms with E-state index in [0.29, 0.717) is 6.54 Å². The van der Waals surface area contributed by atoms with Crippen LogP contribution in [-0.2, 0) is 17.1 Å². The van der Waals surface area contributed by atoms with E-state index >= 15 is 0 Å². The average molecular weight is 401 g/mol. The first-order valence-corrected chi connectivity index (χ1v) is 10.8. The van der Waals surface area contributed by atoms with Gasteiger partial charge in [-0.05, 0) is 25.0 Å². The standard InChI is InChI=1S/C19H24N6O2S/c1-14(2)19-20-9-11-24(19)17-8-4-6-15(22-17)16-7-5-10-25(16)28(26,27)18-12-23(3)13-21-18/h4,6,8-9,11-14,16H,5,7,10H2,1-3H3/t16-/m0/s1. The maximum absolute atomic E-state index is 13.1. The zero-order valence-electron chi connectivity index (χ0n) is 16.2. The lowest BCUT2D eigenvalue weighted by molar-refractivity contribution is 0.388. The van der Waals surface area contributed by atoms with Gasteiger partial charge >= 0.3 is 0 Å². The molecular formula is C19H24N6O2S. The van der Waals surface area contributed by atoms with Gasteiger partial charge in [-0.1, -0.05) is 19.9 Å². The summed E-state index contributed by atoms with van der Waals surface area (Å²) in [5.74, 6) is 1.93. The van der Waals surface area contributed by atoms with Crippen molar-refractivity contribution < 1.29 is 8.42 Å². The largest absolute Gasteiger partial charge is 0.339 e. The van der Waals surface area contributed by atoms with Crippen LogP contribution >= 0.6 is 0 Å². The SMILES string of the molecule is CC(C)c1nccn1-c1cccc([C@@H]2CCCN2S(=O)(=O)c2cn(C)cn2)n1. The maximum atomic E-state index is 13.1. The predicted octanol–water partition coefficient (Wildman–Crippen LogP) is 2.65. The summed E-state index contributed by atoms with van der Waals surface area (Å²) in [7, 11) is -1.90. The van der Waals surface area contributed by atoms with Crippen LogP contribution in [0.2, 0.25) is 0 Å². The summed E-state index contributed by atoms with van der Waals surface area (Å²) >= 11 is 0. The first-order valence-electron chi connectivity index (χ1n) is 9.38. The third kappa shape index (κ3) is 3.24. The van der Waals surface area contributed by atoms with Crippen molar-refractivity contribution in [3.63, 3.8) is 0 Å². The van der Waals surface area contributed by atoms with Gasteiger partial charge in [-0.2, -0.15) is 4.31 Å². The highest BCUT2D eigenvalue weighted by atomic mass is 32.2. The third-order valence-electron chi connectivity index (χ3n) is 4.99. The van der Waals surface area contributed by atoms with Crippen LogP contribution in [0.5, 0.6) is 0 Å². The van der Waals surface area contributed by atoms with Crippen molar-refractivity contribution in [1.29, 1.82) is 0 Å². The van der Waals surface area contributed by atoms with Crippen LogP contribution in [0.1, 0.15) is 50.2 Å². The molecule has 3 aromatic rings. The molecule has 0 aromatic carbocycles. The van der Waals surface area contributed by atoms with E-state index in [1.165, 1.54) is 16.8 Å². The molecular weight excluding hydrogens is 376 g/mol. The Hall–Kier alpha value is -2.52. The van der Waals surface area contributed by atoms with Gasteiger partial charge < -0.3 is 4.57 Å². The molecule has 148 valence electrons. The Morgan fingerprint density at radius 3 is 2.75 bits per heavy atom. The Morgan fingerprint density at radius 2 is 2.04 bits per heavy atom. The van der Waals surface area contributed by atoms with E-state index in [2.05, 4.69) is 23.8 Å². The number of rotatable bonds is 5. The average Bonchev–Trinajstić information content (AvgIpc) is 3.41. The van der Waals surface area contributed by atoms with Gasteiger partial charge in [-0.3, -0.25) is 4.57 Å². The normalized spacial score (nSPS) is 18.2. The predicted molar refractivity (Wildman–Crippen MR) is 105 cm³/mol. The molecule has 28 heavy (non-hydrogen) atoms. The summed E-state index contributed by atoms with van der Waals surface area (Å²) in [4.78, 5) is 13.3. The molecule has 0 N–H and O–H groups in total. The van der Waals surface area contributed by atoms with E-state index in [4.69, 9.17) is 4.98 Å². The molecule has 0 saturated carbocycles. The Labute approximate surface area is 164 Å². The number of imidazole rings is 2. The van der Waals surface area contributed by atoms with Crippen molar-refractivity contribution in [1.82, 2.24) is 28.4 Å². The first kappa shape index (κ1) is 18.8. The number of hydrogen-bond acceptors (Lipinski definition) is 5. The summed E-state index contributed by atoms with van der Waals surface area (Å²) in [6.45, 7) is 4.64. The number of hydrogen-bond donors (Lipinski definition) is 0. The second-order valence-corrected chi connectivity index (χ2v) is 9.22. The summed E-state index contributed by atoms with van der Waals surface area (Å²) in [5, 5.41) is 0.0785. The van der Waals surface area contributed by atoms with Crippen LogP contribution in [0, 0.1) is 0 Å². The molecule has 1 aliphatic rings. The lowest BCUT2D eigenvalue weighted by Gasteiger charge is -2.23. The van der Waals surface area contributed by atoms with Gasteiger partial charge in [0.2, 0.25) is 0 Å². The fourth-order valence-electron chi connectivity index (χ4n) is 3.66. The molecule has 0 spiro atoms. The van der Waals surface area contributed by atoms with Gasteiger partial charge in [0.15, 0.2) is 5.03 Å². The zero-order valence-corrected chi connectivity index (χ0v) is 17.0. The topological polar surface area (TPSA) is 85.9 Å². The first-order chi connectivity index (χ1) is 13.4. The molecule has 4 heterocycles. The highest BCUT2D eigenvalue weighted by Crippen LogP contribution is 2.35. The van der Waals surface area contributed by atoms with Crippen LogP contribution < -0.4 is 0 Å². The van der Waals surface area contributed by atoms with Crippen molar-refractivity contribution in [3.05, 3.63) is 54.6 Å². The molecule has 1 aliphatic heterocycles. The van der Waals surface area contributed by atoms with Gasteiger partial charge in [0.25, 0.3) is 10.0 Å². The van der Waals surface area contributed by atoms with E-state index in [-0.39, 0.29) is 17.0 Å². The summed E-state index contributed by atoms with van der Waals surface area (Å²) < 4.78 is 31.3. The minimum atomic E-state index is -3.66. The molecule has 3 aromatic heterocycles. The van der Waals surface area contributed by atoms with E-state index in [1.807, 2.05) is 29.0 Å². The fourth-order valence-corrected chi connectivity index (χ4v) is 5.30. The number of pyridine rings is 1. The van der Waals surface area contributed by atoms with Crippen LogP contribution in [0.25, 0.3) is 5.82 Å². The van der Waals surface area contributed by atoms with E-state index < -0.39 is 10.0 Å². The van der Waals surface area contributed by atoms with E-state index in [1.54, 1.807) is 17.8 Å². The van der Waals surface area contributed by atoms with E-state index in [9.17, 15) is 8.42 Å². The second-order valence-electron chi connectivity index (χ2n) is 7.38. The molecule has 0 radical (unpaired) electrons.